The van der Waals surface area contributed by atoms with E-state index >= 15 is 0 Å². The van der Waals surface area contributed by atoms with E-state index < -0.39 is 0 Å². The predicted octanol–water partition coefficient (Wildman–Crippen LogP) is 4.07. The lowest BCUT2D eigenvalue weighted by Gasteiger charge is -2.37. The van der Waals surface area contributed by atoms with E-state index in [-0.39, 0.29) is 18.1 Å². The highest BCUT2D eigenvalue weighted by molar-refractivity contribution is 5.94. The number of rotatable bonds is 6. The van der Waals surface area contributed by atoms with Crippen molar-refractivity contribution in [3.8, 4) is 0 Å². The molecule has 1 aliphatic heterocycles. The third-order valence-electron chi connectivity index (χ3n) is 5.81. The summed E-state index contributed by atoms with van der Waals surface area (Å²) < 4.78 is 5.85. The number of hydrogen-bond donors (Lipinski definition) is 1. The Kier molecular flexibility index (Phi) is 4.72. The van der Waals surface area contributed by atoms with Crippen LogP contribution in [0.5, 0.6) is 0 Å². The number of morpholine rings is 1. The van der Waals surface area contributed by atoms with Gasteiger partial charge in [0.2, 0.25) is 5.91 Å². The van der Waals surface area contributed by atoms with Crippen molar-refractivity contribution in [3.05, 3.63) is 24.3 Å². The molecule has 0 aromatic heterocycles. The molecule has 1 saturated heterocycles. The maximum absolute atomic E-state index is 12.7. The minimum Gasteiger partial charge on any atom is -0.372 e. The van der Waals surface area contributed by atoms with Gasteiger partial charge in [0.15, 0.2) is 0 Å². The van der Waals surface area contributed by atoms with Gasteiger partial charge >= 0.3 is 0 Å². The molecule has 3 fully saturated rings. The normalized spacial score (nSPS) is 26.8. The molecule has 1 aromatic carbocycles. The largest absolute Gasteiger partial charge is 0.372 e. The van der Waals surface area contributed by atoms with Crippen LogP contribution >= 0.6 is 0 Å². The summed E-state index contributed by atoms with van der Waals surface area (Å²) in [4.78, 5) is 15.0. The number of nitrogens with one attached hydrogen (secondary N) is 1. The first-order valence-electron chi connectivity index (χ1n) is 9.89. The number of carbonyl (C=O) groups excluding carboxylic acids is 1. The van der Waals surface area contributed by atoms with Gasteiger partial charge in [-0.1, -0.05) is 12.1 Å². The number of carbonyl (C=O) groups is 1. The van der Waals surface area contributed by atoms with Crippen molar-refractivity contribution in [2.45, 2.75) is 58.2 Å². The van der Waals surface area contributed by atoms with Crippen molar-refractivity contribution >= 4 is 17.3 Å². The summed E-state index contributed by atoms with van der Waals surface area (Å²) in [7, 11) is 0. The number of nitrogens with zero attached hydrogens (tertiary/aromatic N) is 1. The standard InChI is InChI=1S/C21H30N2O2/c1-14-12-23(13-15(2)25-14)20-6-4-3-5-19(20)22-21(24)11-18(16-7-8-16)17-9-10-17/h3-6,14-18H,7-13H2,1-2H3,(H,22,24)/t14-,15-/m1/s1. The molecule has 2 aliphatic carbocycles. The van der Waals surface area contributed by atoms with Crippen molar-refractivity contribution in [1.29, 1.82) is 0 Å². The molecule has 136 valence electrons. The van der Waals surface area contributed by atoms with Gasteiger partial charge in [-0.25, -0.2) is 0 Å². The molecule has 2 saturated carbocycles. The van der Waals surface area contributed by atoms with Crippen LogP contribution in [-0.4, -0.2) is 31.2 Å². The Hall–Kier alpha value is -1.55. The molecule has 1 heterocycles. The highest BCUT2D eigenvalue weighted by Crippen LogP contribution is 2.50. The summed E-state index contributed by atoms with van der Waals surface area (Å²) in [5.41, 5.74) is 2.06. The molecule has 2 atom stereocenters. The van der Waals surface area contributed by atoms with Crippen molar-refractivity contribution in [1.82, 2.24) is 0 Å². The zero-order valence-electron chi connectivity index (χ0n) is 15.4. The minimum absolute atomic E-state index is 0.186. The topological polar surface area (TPSA) is 41.6 Å². The van der Waals surface area contributed by atoms with Crippen LogP contribution in [0, 0.1) is 17.8 Å². The molecular formula is C21H30N2O2. The van der Waals surface area contributed by atoms with Crippen LogP contribution in [0.3, 0.4) is 0 Å². The van der Waals surface area contributed by atoms with Gasteiger partial charge < -0.3 is 15.0 Å². The summed E-state index contributed by atoms with van der Waals surface area (Å²) >= 11 is 0. The Morgan fingerprint density at radius 3 is 2.32 bits per heavy atom. The second-order valence-electron chi connectivity index (χ2n) is 8.27. The Morgan fingerprint density at radius 1 is 1.12 bits per heavy atom. The molecule has 4 rings (SSSR count). The monoisotopic (exact) mass is 342 g/mol. The first kappa shape index (κ1) is 16.9. The number of amides is 1. The number of ether oxygens (including phenoxy) is 1. The Morgan fingerprint density at radius 2 is 1.72 bits per heavy atom. The number of anilines is 2. The van der Waals surface area contributed by atoms with Gasteiger partial charge in [-0.05, 0) is 69.4 Å². The molecule has 1 amide bonds. The van der Waals surface area contributed by atoms with Gasteiger partial charge in [-0.2, -0.15) is 0 Å². The zero-order chi connectivity index (χ0) is 17.4. The number of benzene rings is 1. The molecule has 0 radical (unpaired) electrons. The third-order valence-corrected chi connectivity index (χ3v) is 5.81. The first-order valence-corrected chi connectivity index (χ1v) is 9.89. The first-order chi connectivity index (χ1) is 12.1. The van der Waals surface area contributed by atoms with Gasteiger partial charge in [0.1, 0.15) is 0 Å². The van der Waals surface area contributed by atoms with E-state index in [2.05, 4.69) is 30.1 Å². The Labute approximate surface area is 150 Å². The predicted molar refractivity (Wildman–Crippen MR) is 101 cm³/mol. The lowest BCUT2D eigenvalue weighted by atomic mass is 9.94. The average molecular weight is 342 g/mol. The van der Waals surface area contributed by atoms with Crippen molar-refractivity contribution in [2.24, 2.45) is 17.8 Å². The lowest BCUT2D eigenvalue weighted by Crippen LogP contribution is -2.45. The third kappa shape index (κ3) is 4.17. The summed E-state index contributed by atoms with van der Waals surface area (Å²) in [6, 6.07) is 8.19. The summed E-state index contributed by atoms with van der Waals surface area (Å²) in [6.45, 7) is 5.95. The molecule has 25 heavy (non-hydrogen) atoms. The summed E-state index contributed by atoms with van der Waals surface area (Å²) in [5.74, 6) is 2.44. The van der Waals surface area contributed by atoms with Crippen LogP contribution in [0.1, 0.15) is 46.0 Å². The number of hydrogen-bond acceptors (Lipinski definition) is 3. The van der Waals surface area contributed by atoms with E-state index in [1.807, 2.05) is 18.2 Å². The molecular weight excluding hydrogens is 312 g/mol. The maximum Gasteiger partial charge on any atom is 0.224 e. The SMILES string of the molecule is C[C@@H]1CN(c2ccccc2NC(=O)CC(C2CC2)C2CC2)C[C@@H](C)O1. The zero-order valence-corrected chi connectivity index (χ0v) is 15.4. The summed E-state index contributed by atoms with van der Waals surface area (Å²) in [6.07, 6.45) is 6.43. The van der Waals surface area contributed by atoms with Crippen molar-refractivity contribution in [3.63, 3.8) is 0 Å². The highest BCUT2D eigenvalue weighted by atomic mass is 16.5. The Balaban J connectivity index is 1.44. The van der Waals surface area contributed by atoms with E-state index in [0.717, 1.165) is 36.3 Å². The fourth-order valence-corrected chi connectivity index (χ4v) is 4.41. The Bertz CT molecular complexity index is 602. The van der Waals surface area contributed by atoms with E-state index in [1.165, 1.54) is 25.7 Å². The van der Waals surface area contributed by atoms with Gasteiger partial charge in [0.25, 0.3) is 0 Å². The van der Waals surface area contributed by atoms with Crippen LogP contribution < -0.4 is 10.2 Å². The quantitative estimate of drug-likeness (QED) is 0.847. The van der Waals surface area contributed by atoms with E-state index in [9.17, 15) is 4.79 Å². The van der Waals surface area contributed by atoms with Crippen LogP contribution in [0.25, 0.3) is 0 Å². The lowest BCUT2D eigenvalue weighted by molar-refractivity contribution is -0.117. The van der Waals surface area contributed by atoms with E-state index in [1.54, 1.807) is 0 Å². The average Bonchev–Trinajstić information content (AvgIpc) is 3.46. The fourth-order valence-electron chi connectivity index (χ4n) is 4.41. The second-order valence-corrected chi connectivity index (χ2v) is 8.27. The van der Waals surface area contributed by atoms with E-state index in [4.69, 9.17) is 4.74 Å². The van der Waals surface area contributed by atoms with Crippen LogP contribution in [0.4, 0.5) is 11.4 Å². The van der Waals surface area contributed by atoms with Gasteiger partial charge in [-0.15, -0.1) is 0 Å². The molecule has 0 bridgehead atoms. The maximum atomic E-state index is 12.7. The van der Waals surface area contributed by atoms with Gasteiger partial charge in [-0.3, -0.25) is 4.79 Å². The van der Waals surface area contributed by atoms with Gasteiger partial charge in [0, 0.05) is 19.5 Å². The second kappa shape index (κ2) is 6.99. The van der Waals surface area contributed by atoms with Crippen LogP contribution in [-0.2, 0) is 9.53 Å². The van der Waals surface area contributed by atoms with Crippen molar-refractivity contribution < 1.29 is 9.53 Å². The fraction of sp³-hybridized carbons (Fsp3) is 0.667. The van der Waals surface area contributed by atoms with Crippen LogP contribution in [0.15, 0.2) is 24.3 Å². The van der Waals surface area contributed by atoms with E-state index in [0.29, 0.717) is 12.3 Å². The van der Waals surface area contributed by atoms with Gasteiger partial charge in [0.05, 0.1) is 23.6 Å². The molecule has 1 aromatic rings. The molecule has 0 unspecified atom stereocenters. The molecule has 4 nitrogen and oxygen atoms in total. The van der Waals surface area contributed by atoms with Crippen LogP contribution in [0.2, 0.25) is 0 Å². The highest BCUT2D eigenvalue weighted by Gasteiger charge is 2.42. The molecule has 0 spiro atoms. The summed E-state index contributed by atoms with van der Waals surface area (Å²) in [5, 5.41) is 3.21. The van der Waals surface area contributed by atoms with Crippen molar-refractivity contribution in [2.75, 3.05) is 23.3 Å². The number of para-hydroxylation sites is 2. The molecule has 3 aliphatic rings. The minimum atomic E-state index is 0.186. The molecule has 4 heteroatoms. The molecule has 1 N–H and O–H groups in total. The smallest absolute Gasteiger partial charge is 0.224 e.